The second-order valence-electron chi connectivity index (χ2n) is 3.09. The zero-order valence-corrected chi connectivity index (χ0v) is 9.77. The van der Waals surface area contributed by atoms with Crippen LogP contribution in [-0.4, -0.2) is 18.3 Å². The van der Waals surface area contributed by atoms with Crippen LogP contribution in [0.4, 0.5) is 0 Å². The Bertz CT molecular complexity index is 333. The topological polar surface area (TPSA) is 29.5 Å². The third-order valence-electron chi connectivity index (χ3n) is 1.70. The second kappa shape index (κ2) is 7.47. The minimum atomic E-state index is 0.130. The van der Waals surface area contributed by atoms with Crippen LogP contribution in [-0.2, 0) is 11.3 Å². The molecule has 1 aromatic heterocycles. The lowest BCUT2D eigenvalue weighted by Crippen LogP contribution is -1.90. The third kappa shape index (κ3) is 4.98. The van der Waals surface area contributed by atoms with E-state index in [4.69, 9.17) is 9.84 Å². The van der Waals surface area contributed by atoms with Gasteiger partial charge < -0.3 is 9.84 Å². The summed E-state index contributed by atoms with van der Waals surface area (Å²) < 4.78 is 5.43. The normalized spacial score (nSPS) is 9.73. The summed E-state index contributed by atoms with van der Waals surface area (Å²) >= 11 is 1.65. The number of hydrogen-bond acceptors (Lipinski definition) is 3. The van der Waals surface area contributed by atoms with E-state index in [1.165, 1.54) is 4.88 Å². The van der Waals surface area contributed by atoms with Gasteiger partial charge in [0, 0.05) is 17.9 Å². The van der Waals surface area contributed by atoms with Crippen molar-refractivity contribution >= 4 is 11.3 Å². The molecule has 0 radical (unpaired) electrons. The summed E-state index contributed by atoms with van der Waals surface area (Å²) in [6.07, 6.45) is 1.59. The predicted octanol–water partition coefficient (Wildman–Crippen LogP) is 2.41. The molecule has 0 atom stereocenters. The highest BCUT2D eigenvalue weighted by atomic mass is 32.1. The van der Waals surface area contributed by atoms with E-state index in [-0.39, 0.29) is 6.61 Å². The maximum Gasteiger partial charge on any atom is 0.0809 e. The van der Waals surface area contributed by atoms with Gasteiger partial charge in [-0.2, -0.15) is 0 Å². The third-order valence-corrected chi connectivity index (χ3v) is 2.68. The Morgan fingerprint density at radius 2 is 2.33 bits per heavy atom. The molecule has 0 aliphatic heterocycles. The Morgan fingerprint density at radius 1 is 1.47 bits per heavy atom. The monoisotopic (exact) mass is 224 g/mol. The molecule has 1 heterocycles. The molecule has 0 aliphatic rings. The molecular formula is C12H16O2S. The molecule has 0 spiro atoms. The molecule has 0 saturated heterocycles. The van der Waals surface area contributed by atoms with Gasteiger partial charge in [0.15, 0.2) is 0 Å². The zero-order chi connectivity index (χ0) is 10.9. The highest BCUT2D eigenvalue weighted by Gasteiger charge is 1.97. The van der Waals surface area contributed by atoms with E-state index < -0.39 is 0 Å². The van der Waals surface area contributed by atoms with Gasteiger partial charge in [0.05, 0.1) is 18.1 Å². The first-order valence-corrected chi connectivity index (χ1v) is 5.94. The van der Waals surface area contributed by atoms with Crippen LogP contribution in [0, 0.1) is 11.8 Å². The fraction of sp³-hybridized carbons (Fsp3) is 0.500. The van der Waals surface area contributed by atoms with Crippen molar-refractivity contribution in [2.24, 2.45) is 0 Å². The van der Waals surface area contributed by atoms with Crippen LogP contribution in [0.3, 0.4) is 0 Å². The van der Waals surface area contributed by atoms with E-state index in [1.54, 1.807) is 11.3 Å². The Balaban J connectivity index is 2.39. The molecule has 0 aliphatic carbocycles. The van der Waals surface area contributed by atoms with Crippen molar-refractivity contribution in [3.8, 4) is 11.8 Å². The molecule has 15 heavy (non-hydrogen) atoms. The molecule has 0 amide bonds. The predicted molar refractivity (Wildman–Crippen MR) is 62.8 cm³/mol. The summed E-state index contributed by atoms with van der Waals surface area (Å²) in [7, 11) is 0. The molecule has 1 aromatic rings. The van der Waals surface area contributed by atoms with Crippen molar-refractivity contribution in [1.29, 1.82) is 0 Å². The van der Waals surface area contributed by atoms with E-state index in [9.17, 15) is 0 Å². The molecule has 0 saturated carbocycles. The second-order valence-corrected chi connectivity index (χ2v) is 4.26. The van der Waals surface area contributed by atoms with E-state index in [2.05, 4.69) is 18.8 Å². The van der Waals surface area contributed by atoms with Gasteiger partial charge in [-0.3, -0.25) is 0 Å². The smallest absolute Gasteiger partial charge is 0.0809 e. The molecular weight excluding hydrogens is 208 g/mol. The molecule has 0 bridgehead atoms. The molecule has 3 heteroatoms. The van der Waals surface area contributed by atoms with Crippen LogP contribution in [0.5, 0.6) is 0 Å². The van der Waals surface area contributed by atoms with Crippen molar-refractivity contribution in [2.45, 2.75) is 26.4 Å². The van der Waals surface area contributed by atoms with Crippen LogP contribution in [0.25, 0.3) is 0 Å². The van der Waals surface area contributed by atoms with Crippen LogP contribution >= 0.6 is 11.3 Å². The lowest BCUT2D eigenvalue weighted by Gasteiger charge is -1.97. The van der Waals surface area contributed by atoms with Gasteiger partial charge in [-0.1, -0.05) is 18.8 Å². The van der Waals surface area contributed by atoms with Crippen molar-refractivity contribution in [2.75, 3.05) is 13.2 Å². The van der Waals surface area contributed by atoms with E-state index >= 15 is 0 Å². The van der Waals surface area contributed by atoms with Gasteiger partial charge in [-0.25, -0.2) is 0 Å². The highest BCUT2D eigenvalue weighted by molar-refractivity contribution is 7.12. The Kier molecular flexibility index (Phi) is 6.10. The summed E-state index contributed by atoms with van der Waals surface area (Å²) in [5.41, 5.74) is 0. The molecule has 82 valence electrons. The lowest BCUT2D eigenvalue weighted by molar-refractivity contribution is 0.123. The number of rotatable bonds is 5. The SMILES string of the molecule is CCCOCc1ccc(C#CCCO)s1. The maximum atomic E-state index is 8.57. The van der Waals surface area contributed by atoms with Crippen molar-refractivity contribution in [1.82, 2.24) is 0 Å². The Morgan fingerprint density at radius 3 is 3.07 bits per heavy atom. The van der Waals surface area contributed by atoms with Gasteiger partial charge in [-0.15, -0.1) is 11.3 Å². The highest BCUT2D eigenvalue weighted by Crippen LogP contribution is 2.16. The van der Waals surface area contributed by atoms with Gasteiger partial charge in [0.1, 0.15) is 0 Å². The molecule has 1 N–H and O–H groups in total. The quantitative estimate of drug-likeness (QED) is 0.615. The molecule has 0 aromatic carbocycles. The van der Waals surface area contributed by atoms with Crippen LogP contribution in [0.15, 0.2) is 12.1 Å². The minimum Gasteiger partial charge on any atom is -0.395 e. The average Bonchev–Trinajstić information content (AvgIpc) is 2.67. The fourth-order valence-corrected chi connectivity index (χ4v) is 1.87. The lowest BCUT2D eigenvalue weighted by atomic mass is 10.4. The summed E-state index contributed by atoms with van der Waals surface area (Å²) in [5, 5.41) is 8.57. The molecule has 0 fully saturated rings. The number of aliphatic hydroxyl groups is 1. The van der Waals surface area contributed by atoms with E-state index in [0.29, 0.717) is 13.0 Å². The van der Waals surface area contributed by atoms with Gasteiger partial charge in [-0.05, 0) is 18.6 Å². The first-order chi connectivity index (χ1) is 7.36. The molecule has 2 nitrogen and oxygen atoms in total. The van der Waals surface area contributed by atoms with Crippen LogP contribution < -0.4 is 0 Å². The minimum absolute atomic E-state index is 0.130. The van der Waals surface area contributed by atoms with Gasteiger partial charge in [0.25, 0.3) is 0 Å². The first-order valence-electron chi connectivity index (χ1n) is 5.13. The summed E-state index contributed by atoms with van der Waals surface area (Å²) in [5.74, 6) is 5.91. The van der Waals surface area contributed by atoms with Crippen molar-refractivity contribution < 1.29 is 9.84 Å². The Hall–Kier alpha value is -0.820. The molecule has 0 unspecified atom stereocenters. The number of ether oxygens (including phenoxy) is 1. The average molecular weight is 224 g/mol. The number of aliphatic hydroxyl groups excluding tert-OH is 1. The standard InChI is InChI=1S/C12H16O2S/c1-2-9-14-10-12-7-6-11(15-12)5-3-4-8-13/h6-7,13H,2,4,8-10H2,1H3. The number of thiophene rings is 1. The van der Waals surface area contributed by atoms with Crippen LogP contribution in [0.2, 0.25) is 0 Å². The summed E-state index contributed by atoms with van der Waals surface area (Å²) in [6.45, 7) is 3.72. The van der Waals surface area contributed by atoms with E-state index in [0.717, 1.165) is 17.9 Å². The summed E-state index contributed by atoms with van der Waals surface area (Å²) in [4.78, 5) is 2.25. The van der Waals surface area contributed by atoms with Gasteiger partial charge >= 0.3 is 0 Å². The zero-order valence-electron chi connectivity index (χ0n) is 8.95. The van der Waals surface area contributed by atoms with Crippen molar-refractivity contribution in [3.05, 3.63) is 21.9 Å². The fourth-order valence-electron chi connectivity index (χ4n) is 1.05. The Labute approximate surface area is 94.9 Å². The first kappa shape index (κ1) is 12.3. The van der Waals surface area contributed by atoms with Crippen LogP contribution in [0.1, 0.15) is 29.5 Å². The van der Waals surface area contributed by atoms with E-state index in [1.807, 2.05) is 12.1 Å². The number of hydrogen-bond donors (Lipinski definition) is 1. The maximum absolute atomic E-state index is 8.57. The molecule has 1 rings (SSSR count). The largest absolute Gasteiger partial charge is 0.395 e. The van der Waals surface area contributed by atoms with Crippen molar-refractivity contribution in [3.63, 3.8) is 0 Å². The van der Waals surface area contributed by atoms with Gasteiger partial charge in [0.2, 0.25) is 0 Å². The summed E-state index contributed by atoms with van der Waals surface area (Å²) in [6, 6.07) is 4.04.